The number of rotatable bonds is 7. The van der Waals surface area contributed by atoms with E-state index in [1.807, 2.05) is 6.92 Å². The van der Waals surface area contributed by atoms with Crippen LogP contribution in [0.2, 0.25) is 0 Å². The Morgan fingerprint density at radius 2 is 1.90 bits per heavy atom. The lowest BCUT2D eigenvalue weighted by Crippen LogP contribution is -2.46. The molecule has 0 bridgehead atoms. The van der Waals surface area contributed by atoms with Gasteiger partial charge in [-0.3, -0.25) is 4.79 Å². The lowest BCUT2D eigenvalue weighted by Gasteiger charge is -2.36. The zero-order chi connectivity index (χ0) is 15.0. The van der Waals surface area contributed by atoms with Crippen molar-refractivity contribution in [3.8, 4) is 0 Å². The maximum absolute atomic E-state index is 12.0. The Bertz CT molecular complexity index is 327. The highest BCUT2D eigenvalue weighted by Gasteiger charge is 2.35. The Balaban J connectivity index is 2.57. The Labute approximate surface area is 120 Å². The number of carboxylic acids is 1. The van der Waals surface area contributed by atoms with Gasteiger partial charge in [0.1, 0.15) is 0 Å². The predicted molar refractivity (Wildman–Crippen MR) is 75.5 cm³/mol. The quantitative estimate of drug-likeness (QED) is 0.660. The van der Waals surface area contributed by atoms with Gasteiger partial charge < -0.3 is 20.4 Å². The van der Waals surface area contributed by atoms with E-state index in [4.69, 9.17) is 10.2 Å². The average molecular weight is 286 g/mol. The van der Waals surface area contributed by atoms with E-state index < -0.39 is 5.97 Å². The normalized spacial score (nSPS) is 17.5. The zero-order valence-electron chi connectivity index (χ0n) is 12.2. The van der Waals surface area contributed by atoms with E-state index in [0.29, 0.717) is 19.6 Å². The molecule has 6 nitrogen and oxygen atoms in total. The molecule has 0 spiro atoms. The van der Waals surface area contributed by atoms with Crippen LogP contribution in [0.4, 0.5) is 4.79 Å². The topological polar surface area (TPSA) is 89.9 Å². The van der Waals surface area contributed by atoms with Gasteiger partial charge in [-0.15, -0.1) is 0 Å². The first-order chi connectivity index (χ1) is 9.53. The first-order valence-corrected chi connectivity index (χ1v) is 7.38. The molecule has 0 heterocycles. The molecule has 0 atom stereocenters. The fourth-order valence-electron chi connectivity index (χ4n) is 2.94. The number of aliphatic hydroxyl groups excluding tert-OH is 1. The molecule has 20 heavy (non-hydrogen) atoms. The molecule has 0 saturated heterocycles. The summed E-state index contributed by atoms with van der Waals surface area (Å²) in [4.78, 5) is 24.6. The van der Waals surface area contributed by atoms with Gasteiger partial charge in [-0.2, -0.15) is 0 Å². The number of hydrogen-bond donors (Lipinski definition) is 3. The first kappa shape index (κ1) is 16.8. The first-order valence-electron chi connectivity index (χ1n) is 7.38. The fraction of sp³-hybridized carbons (Fsp3) is 0.857. The van der Waals surface area contributed by atoms with Gasteiger partial charge in [-0.25, -0.2) is 4.79 Å². The van der Waals surface area contributed by atoms with Crippen molar-refractivity contribution < 1.29 is 19.8 Å². The fourth-order valence-corrected chi connectivity index (χ4v) is 2.94. The van der Waals surface area contributed by atoms with E-state index in [2.05, 4.69) is 5.32 Å². The van der Waals surface area contributed by atoms with Crippen LogP contribution in [0.25, 0.3) is 0 Å². The van der Waals surface area contributed by atoms with E-state index in [0.717, 1.165) is 32.1 Å². The Kier molecular flexibility index (Phi) is 6.78. The van der Waals surface area contributed by atoms with Gasteiger partial charge in [-0.05, 0) is 25.2 Å². The molecule has 0 aromatic rings. The van der Waals surface area contributed by atoms with Crippen LogP contribution >= 0.6 is 0 Å². The van der Waals surface area contributed by atoms with Crippen LogP contribution in [0.15, 0.2) is 0 Å². The van der Waals surface area contributed by atoms with E-state index in [1.54, 1.807) is 0 Å². The number of aliphatic carboxylic acids is 1. The minimum Gasteiger partial charge on any atom is -0.481 e. The number of nitrogens with one attached hydrogen (secondary N) is 1. The van der Waals surface area contributed by atoms with Gasteiger partial charge in [0.15, 0.2) is 0 Å². The summed E-state index contributed by atoms with van der Waals surface area (Å²) < 4.78 is 0. The number of likely N-dealkylation sites (N-methyl/N-ethyl adjacent to an activating group) is 1. The van der Waals surface area contributed by atoms with Crippen LogP contribution < -0.4 is 5.32 Å². The largest absolute Gasteiger partial charge is 0.481 e. The minimum atomic E-state index is -0.802. The number of amides is 2. The summed E-state index contributed by atoms with van der Waals surface area (Å²) in [5.74, 6) is -0.802. The third-order valence-corrected chi connectivity index (χ3v) is 4.09. The summed E-state index contributed by atoms with van der Waals surface area (Å²) in [6.45, 7) is 3.01. The summed E-state index contributed by atoms with van der Waals surface area (Å²) >= 11 is 0. The molecule has 3 N–H and O–H groups in total. The van der Waals surface area contributed by atoms with Gasteiger partial charge in [0.2, 0.25) is 0 Å². The summed E-state index contributed by atoms with van der Waals surface area (Å²) in [5.41, 5.74) is -0.307. The van der Waals surface area contributed by atoms with Crippen LogP contribution in [0.3, 0.4) is 0 Å². The molecule has 0 aromatic heterocycles. The van der Waals surface area contributed by atoms with E-state index in [9.17, 15) is 9.59 Å². The molecule has 1 saturated carbocycles. The SMILES string of the molecule is CCN(CCO)C(=O)NCC1(CC(=O)O)CCCCC1. The lowest BCUT2D eigenvalue weighted by atomic mass is 9.72. The van der Waals surface area contributed by atoms with Crippen molar-refractivity contribution in [2.75, 3.05) is 26.2 Å². The molecule has 6 heteroatoms. The molecule has 0 radical (unpaired) electrons. The number of carboxylic acid groups (broad SMARTS) is 1. The standard InChI is InChI=1S/C14H26N2O4/c1-2-16(8-9-17)13(20)15-11-14(10-12(18)19)6-4-3-5-7-14/h17H,2-11H2,1H3,(H,15,20)(H,18,19). The minimum absolute atomic E-state index is 0.0679. The van der Waals surface area contributed by atoms with Gasteiger partial charge in [0.25, 0.3) is 0 Å². The second kappa shape index (κ2) is 8.09. The third-order valence-electron chi connectivity index (χ3n) is 4.09. The molecular formula is C14H26N2O4. The number of carbonyl (C=O) groups is 2. The Morgan fingerprint density at radius 1 is 1.25 bits per heavy atom. The number of aliphatic hydroxyl groups is 1. The third kappa shape index (κ3) is 5.00. The van der Waals surface area contributed by atoms with Gasteiger partial charge >= 0.3 is 12.0 Å². The highest BCUT2D eigenvalue weighted by Crippen LogP contribution is 2.38. The monoisotopic (exact) mass is 286 g/mol. The summed E-state index contributed by atoms with van der Waals surface area (Å²) in [7, 11) is 0. The molecular weight excluding hydrogens is 260 g/mol. The molecule has 1 aliphatic carbocycles. The van der Waals surface area contributed by atoms with E-state index >= 15 is 0 Å². The van der Waals surface area contributed by atoms with Crippen molar-refractivity contribution in [3.63, 3.8) is 0 Å². The molecule has 0 unspecified atom stereocenters. The number of urea groups is 1. The van der Waals surface area contributed by atoms with Crippen molar-refractivity contribution >= 4 is 12.0 Å². The highest BCUT2D eigenvalue weighted by molar-refractivity contribution is 5.74. The van der Waals surface area contributed by atoms with E-state index in [1.165, 1.54) is 4.90 Å². The summed E-state index contributed by atoms with van der Waals surface area (Å²) in [6, 6.07) is -0.225. The van der Waals surface area contributed by atoms with Crippen molar-refractivity contribution in [1.29, 1.82) is 0 Å². The van der Waals surface area contributed by atoms with Crippen molar-refractivity contribution in [3.05, 3.63) is 0 Å². The van der Waals surface area contributed by atoms with Crippen molar-refractivity contribution in [1.82, 2.24) is 10.2 Å². The van der Waals surface area contributed by atoms with Crippen LogP contribution in [0.5, 0.6) is 0 Å². The summed E-state index contributed by atoms with van der Waals surface area (Å²) in [6.07, 6.45) is 5.01. The predicted octanol–water partition coefficient (Wildman–Crippen LogP) is 1.44. The van der Waals surface area contributed by atoms with Gasteiger partial charge in [-0.1, -0.05) is 19.3 Å². The summed E-state index contributed by atoms with van der Waals surface area (Å²) in [5, 5.41) is 20.8. The lowest BCUT2D eigenvalue weighted by molar-refractivity contribution is -0.140. The molecule has 0 aromatic carbocycles. The zero-order valence-corrected chi connectivity index (χ0v) is 12.2. The molecule has 1 rings (SSSR count). The molecule has 1 aliphatic rings. The number of carbonyl (C=O) groups excluding carboxylic acids is 1. The smallest absolute Gasteiger partial charge is 0.317 e. The highest BCUT2D eigenvalue weighted by atomic mass is 16.4. The van der Waals surface area contributed by atoms with Gasteiger partial charge in [0, 0.05) is 19.6 Å². The van der Waals surface area contributed by atoms with E-state index in [-0.39, 0.29) is 24.5 Å². The van der Waals surface area contributed by atoms with Crippen molar-refractivity contribution in [2.45, 2.75) is 45.4 Å². The number of nitrogens with zero attached hydrogens (tertiary/aromatic N) is 1. The number of hydrogen-bond acceptors (Lipinski definition) is 3. The van der Waals surface area contributed by atoms with Crippen LogP contribution in [-0.4, -0.2) is 53.4 Å². The Morgan fingerprint density at radius 3 is 2.40 bits per heavy atom. The van der Waals surface area contributed by atoms with Crippen LogP contribution in [0, 0.1) is 5.41 Å². The molecule has 116 valence electrons. The van der Waals surface area contributed by atoms with Crippen LogP contribution in [0.1, 0.15) is 45.4 Å². The van der Waals surface area contributed by atoms with Crippen LogP contribution in [-0.2, 0) is 4.79 Å². The van der Waals surface area contributed by atoms with Gasteiger partial charge in [0.05, 0.1) is 13.0 Å². The average Bonchev–Trinajstić information content (AvgIpc) is 2.42. The molecule has 1 fully saturated rings. The Hall–Kier alpha value is -1.30. The molecule has 2 amide bonds. The maximum atomic E-state index is 12.0. The maximum Gasteiger partial charge on any atom is 0.317 e. The second-order valence-corrected chi connectivity index (χ2v) is 5.59. The molecule has 0 aliphatic heterocycles. The second-order valence-electron chi connectivity index (χ2n) is 5.59. The van der Waals surface area contributed by atoms with Crippen molar-refractivity contribution in [2.24, 2.45) is 5.41 Å².